The van der Waals surface area contributed by atoms with Crippen molar-refractivity contribution in [1.29, 1.82) is 0 Å². The van der Waals surface area contributed by atoms with Crippen molar-refractivity contribution in [2.45, 2.75) is 26.3 Å². The second-order valence-corrected chi connectivity index (χ2v) is 6.55. The van der Waals surface area contributed by atoms with Gasteiger partial charge in [0.1, 0.15) is 0 Å². The Morgan fingerprint density at radius 3 is 2.36 bits per heavy atom. The number of allylic oxidation sites excluding steroid dienone is 1. The number of carbonyl (C=O) groups excluding carboxylic acids is 1. The Balaban J connectivity index is 1.72. The van der Waals surface area contributed by atoms with Crippen LogP contribution in [0.2, 0.25) is 0 Å². The molecular weight excluding hydrogens is 278 g/mol. The molecule has 2 fully saturated rings. The van der Waals surface area contributed by atoms with Crippen molar-refractivity contribution >= 4 is 5.91 Å². The fourth-order valence-corrected chi connectivity index (χ4v) is 3.25. The summed E-state index contributed by atoms with van der Waals surface area (Å²) in [6, 6.07) is 0.579. The first-order chi connectivity index (χ1) is 10.6. The summed E-state index contributed by atoms with van der Waals surface area (Å²) in [6.07, 6.45) is 3.08. The summed E-state index contributed by atoms with van der Waals surface area (Å²) in [6.45, 7) is 15.9. The van der Waals surface area contributed by atoms with Gasteiger partial charge in [-0.3, -0.25) is 14.6 Å². The van der Waals surface area contributed by atoms with Crippen LogP contribution in [0.1, 0.15) is 20.3 Å². The molecule has 5 heteroatoms. The summed E-state index contributed by atoms with van der Waals surface area (Å²) in [5, 5.41) is 0. The first kappa shape index (κ1) is 17.4. The highest BCUT2D eigenvalue weighted by Crippen LogP contribution is 2.17. The van der Waals surface area contributed by atoms with Gasteiger partial charge < -0.3 is 9.64 Å². The third kappa shape index (κ3) is 4.80. The second-order valence-electron chi connectivity index (χ2n) is 6.55. The van der Waals surface area contributed by atoms with E-state index in [0.29, 0.717) is 31.7 Å². The maximum atomic E-state index is 12.3. The van der Waals surface area contributed by atoms with E-state index in [1.165, 1.54) is 0 Å². The van der Waals surface area contributed by atoms with Gasteiger partial charge in [0, 0.05) is 45.3 Å². The van der Waals surface area contributed by atoms with Crippen LogP contribution in [0.5, 0.6) is 0 Å². The molecule has 2 saturated heterocycles. The van der Waals surface area contributed by atoms with Gasteiger partial charge in [-0.2, -0.15) is 0 Å². The molecule has 0 N–H and O–H groups in total. The lowest BCUT2D eigenvalue weighted by atomic mass is 9.98. The number of amides is 1. The van der Waals surface area contributed by atoms with Gasteiger partial charge in [-0.05, 0) is 19.3 Å². The van der Waals surface area contributed by atoms with Crippen LogP contribution in [0.15, 0.2) is 12.7 Å². The molecule has 0 aromatic rings. The SMILES string of the molecule is C=CCC(C)C(C)N1CCN(CC(=O)N2CCOCC2)CC1. The largest absolute Gasteiger partial charge is 0.378 e. The Kier molecular flexibility index (Phi) is 6.86. The molecule has 2 aliphatic rings. The van der Waals surface area contributed by atoms with E-state index in [-0.39, 0.29) is 5.91 Å². The molecule has 0 aromatic carbocycles. The van der Waals surface area contributed by atoms with E-state index in [0.717, 1.165) is 45.7 Å². The molecule has 1 amide bonds. The number of nitrogens with zero attached hydrogens (tertiary/aromatic N) is 3. The van der Waals surface area contributed by atoms with Crippen molar-refractivity contribution in [2.24, 2.45) is 5.92 Å². The van der Waals surface area contributed by atoms with Crippen molar-refractivity contribution in [3.8, 4) is 0 Å². The molecule has 2 aliphatic heterocycles. The molecule has 0 saturated carbocycles. The summed E-state index contributed by atoms with van der Waals surface area (Å²) in [4.78, 5) is 19.1. The Bertz CT molecular complexity index is 361. The number of carbonyl (C=O) groups is 1. The first-order valence-electron chi connectivity index (χ1n) is 8.54. The van der Waals surface area contributed by atoms with Crippen LogP contribution in [-0.2, 0) is 9.53 Å². The van der Waals surface area contributed by atoms with Gasteiger partial charge in [0.25, 0.3) is 0 Å². The van der Waals surface area contributed by atoms with Gasteiger partial charge in [-0.1, -0.05) is 13.0 Å². The van der Waals surface area contributed by atoms with Crippen molar-refractivity contribution in [3.05, 3.63) is 12.7 Å². The highest BCUT2D eigenvalue weighted by Gasteiger charge is 2.26. The monoisotopic (exact) mass is 309 g/mol. The van der Waals surface area contributed by atoms with E-state index in [2.05, 4.69) is 30.2 Å². The number of piperazine rings is 1. The highest BCUT2D eigenvalue weighted by molar-refractivity contribution is 5.78. The van der Waals surface area contributed by atoms with Crippen LogP contribution in [0.4, 0.5) is 0 Å². The quantitative estimate of drug-likeness (QED) is 0.688. The van der Waals surface area contributed by atoms with Gasteiger partial charge in [0.2, 0.25) is 5.91 Å². The number of hydrogen-bond acceptors (Lipinski definition) is 4. The number of rotatable bonds is 6. The topological polar surface area (TPSA) is 36.0 Å². The van der Waals surface area contributed by atoms with Crippen molar-refractivity contribution in [3.63, 3.8) is 0 Å². The predicted molar refractivity (Wildman–Crippen MR) is 88.9 cm³/mol. The third-order valence-electron chi connectivity index (χ3n) is 5.07. The summed E-state index contributed by atoms with van der Waals surface area (Å²) in [5.74, 6) is 0.892. The standard InChI is InChI=1S/C17H31N3O2/c1-4-5-15(2)16(3)19-8-6-18(7-9-19)14-17(21)20-10-12-22-13-11-20/h4,15-16H,1,5-14H2,2-3H3. The molecule has 0 aliphatic carbocycles. The van der Waals surface area contributed by atoms with Gasteiger partial charge in [0.15, 0.2) is 0 Å². The van der Waals surface area contributed by atoms with E-state index in [1.807, 2.05) is 11.0 Å². The summed E-state index contributed by atoms with van der Waals surface area (Å²) < 4.78 is 5.30. The minimum Gasteiger partial charge on any atom is -0.378 e. The van der Waals surface area contributed by atoms with Crippen molar-refractivity contribution < 1.29 is 9.53 Å². The van der Waals surface area contributed by atoms with Crippen molar-refractivity contribution in [2.75, 3.05) is 59.0 Å². The van der Waals surface area contributed by atoms with Crippen molar-refractivity contribution in [1.82, 2.24) is 14.7 Å². The highest BCUT2D eigenvalue weighted by atomic mass is 16.5. The van der Waals surface area contributed by atoms with Crippen LogP contribution in [0, 0.1) is 5.92 Å². The lowest BCUT2D eigenvalue weighted by Gasteiger charge is -2.40. The van der Waals surface area contributed by atoms with E-state index >= 15 is 0 Å². The van der Waals surface area contributed by atoms with E-state index < -0.39 is 0 Å². The second kappa shape index (κ2) is 8.65. The average Bonchev–Trinajstić information content (AvgIpc) is 2.56. The molecular formula is C17H31N3O2. The normalized spacial score (nSPS) is 24.0. The predicted octanol–water partition coefficient (Wildman–Crippen LogP) is 1.06. The zero-order valence-corrected chi connectivity index (χ0v) is 14.2. The van der Waals surface area contributed by atoms with Gasteiger partial charge in [0.05, 0.1) is 19.8 Å². The molecule has 0 radical (unpaired) electrons. The number of hydrogen-bond donors (Lipinski definition) is 0. The summed E-state index contributed by atoms with van der Waals surface area (Å²) in [5.41, 5.74) is 0. The minimum absolute atomic E-state index is 0.254. The molecule has 126 valence electrons. The zero-order chi connectivity index (χ0) is 15.9. The molecule has 22 heavy (non-hydrogen) atoms. The number of morpholine rings is 1. The lowest BCUT2D eigenvalue weighted by Crippen LogP contribution is -2.54. The maximum Gasteiger partial charge on any atom is 0.236 e. The van der Waals surface area contributed by atoms with E-state index in [9.17, 15) is 4.79 Å². The van der Waals surface area contributed by atoms with Crippen LogP contribution >= 0.6 is 0 Å². The Morgan fingerprint density at radius 2 is 1.77 bits per heavy atom. The Labute approximate surface area is 134 Å². The molecule has 0 aromatic heterocycles. The fraction of sp³-hybridized carbons (Fsp3) is 0.824. The van der Waals surface area contributed by atoms with Crippen LogP contribution in [0.3, 0.4) is 0 Å². The average molecular weight is 309 g/mol. The molecule has 0 bridgehead atoms. The molecule has 2 heterocycles. The van der Waals surface area contributed by atoms with Gasteiger partial charge >= 0.3 is 0 Å². The Morgan fingerprint density at radius 1 is 1.14 bits per heavy atom. The lowest BCUT2D eigenvalue weighted by molar-refractivity contribution is -0.137. The molecule has 2 unspecified atom stereocenters. The van der Waals surface area contributed by atoms with Crippen LogP contribution in [-0.4, -0.2) is 85.7 Å². The summed E-state index contributed by atoms with van der Waals surface area (Å²) >= 11 is 0. The smallest absolute Gasteiger partial charge is 0.236 e. The third-order valence-corrected chi connectivity index (χ3v) is 5.07. The molecule has 0 spiro atoms. The Hall–Kier alpha value is -0.910. The molecule has 5 nitrogen and oxygen atoms in total. The molecule has 2 rings (SSSR count). The van der Waals surface area contributed by atoms with E-state index in [4.69, 9.17) is 4.74 Å². The van der Waals surface area contributed by atoms with Crippen LogP contribution < -0.4 is 0 Å². The first-order valence-corrected chi connectivity index (χ1v) is 8.54. The van der Waals surface area contributed by atoms with E-state index in [1.54, 1.807) is 0 Å². The number of ether oxygens (including phenoxy) is 1. The fourth-order valence-electron chi connectivity index (χ4n) is 3.25. The van der Waals surface area contributed by atoms with Gasteiger partial charge in [-0.25, -0.2) is 0 Å². The minimum atomic E-state index is 0.254. The summed E-state index contributed by atoms with van der Waals surface area (Å²) in [7, 11) is 0. The molecule has 2 atom stereocenters. The maximum absolute atomic E-state index is 12.3. The zero-order valence-electron chi connectivity index (χ0n) is 14.2. The van der Waals surface area contributed by atoms with Gasteiger partial charge in [-0.15, -0.1) is 6.58 Å². The van der Waals surface area contributed by atoms with Crippen LogP contribution in [0.25, 0.3) is 0 Å².